The van der Waals surface area contributed by atoms with Gasteiger partial charge in [0, 0.05) is 5.71 Å². The first-order chi connectivity index (χ1) is 12.8. The number of hydrogen-bond acceptors (Lipinski definition) is 5. The molecular weight excluding hydrogens is 366 g/mol. The van der Waals surface area contributed by atoms with E-state index in [0.717, 1.165) is 42.0 Å². The topological polar surface area (TPSA) is 88.1 Å². The smallest absolute Gasteiger partial charge is 0.263 e. The van der Waals surface area contributed by atoms with Crippen molar-refractivity contribution in [1.82, 2.24) is 5.43 Å². The van der Waals surface area contributed by atoms with E-state index in [2.05, 4.69) is 10.5 Å². The molecule has 150 valence electrons. The zero-order chi connectivity index (χ0) is 19.9. The fourth-order valence-corrected chi connectivity index (χ4v) is 4.32. The number of carbonyl (C=O) groups is 1. The van der Waals surface area contributed by atoms with Crippen molar-refractivity contribution in [1.29, 1.82) is 0 Å². The van der Waals surface area contributed by atoms with E-state index in [9.17, 15) is 13.2 Å². The van der Waals surface area contributed by atoms with E-state index in [-0.39, 0.29) is 0 Å². The minimum Gasteiger partial charge on any atom is -0.494 e. The SMILES string of the molecule is CCOc1ccc(N([C@H](C)C(=O)NN=C2CCCCCC2)S(C)(=O)=O)cc1. The Labute approximate surface area is 161 Å². The summed E-state index contributed by atoms with van der Waals surface area (Å²) in [5, 5.41) is 4.24. The summed E-state index contributed by atoms with van der Waals surface area (Å²) in [6.45, 7) is 3.95. The molecule has 0 radical (unpaired) electrons. The molecule has 1 aliphatic rings. The number of nitrogens with one attached hydrogen (secondary N) is 1. The summed E-state index contributed by atoms with van der Waals surface area (Å²) in [7, 11) is -3.65. The molecule has 1 aromatic rings. The van der Waals surface area contributed by atoms with Crippen molar-refractivity contribution in [2.75, 3.05) is 17.2 Å². The number of carbonyl (C=O) groups excluding carboxylic acids is 1. The minimum atomic E-state index is -3.65. The zero-order valence-electron chi connectivity index (χ0n) is 16.3. The maximum Gasteiger partial charge on any atom is 0.263 e. The predicted octanol–water partition coefficient (Wildman–Crippen LogP) is 3.07. The lowest BCUT2D eigenvalue weighted by Crippen LogP contribution is -2.46. The number of rotatable bonds is 7. The molecule has 1 amide bonds. The van der Waals surface area contributed by atoms with Crippen LogP contribution in [0.3, 0.4) is 0 Å². The summed E-state index contributed by atoms with van der Waals surface area (Å²) >= 11 is 0. The Kier molecular flexibility index (Phi) is 7.65. The maximum atomic E-state index is 12.6. The lowest BCUT2D eigenvalue weighted by molar-refractivity contribution is -0.121. The molecule has 8 heteroatoms. The zero-order valence-corrected chi connectivity index (χ0v) is 17.1. The third kappa shape index (κ3) is 6.23. The molecule has 0 spiro atoms. The highest BCUT2D eigenvalue weighted by Crippen LogP contribution is 2.24. The van der Waals surface area contributed by atoms with Gasteiger partial charge in [0.1, 0.15) is 11.8 Å². The van der Waals surface area contributed by atoms with Gasteiger partial charge in [-0.15, -0.1) is 0 Å². The number of sulfonamides is 1. The van der Waals surface area contributed by atoms with E-state index in [1.165, 1.54) is 12.8 Å². The number of ether oxygens (including phenoxy) is 1. The van der Waals surface area contributed by atoms with Gasteiger partial charge in [-0.1, -0.05) is 12.8 Å². The first-order valence-electron chi connectivity index (χ1n) is 9.40. The van der Waals surface area contributed by atoms with Gasteiger partial charge in [0.25, 0.3) is 5.91 Å². The van der Waals surface area contributed by atoms with Crippen LogP contribution in [0.4, 0.5) is 5.69 Å². The molecular formula is C19H29N3O4S. The van der Waals surface area contributed by atoms with Gasteiger partial charge in [-0.2, -0.15) is 5.10 Å². The van der Waals surface area contributed by atoms with Crippen LogP contribution in [0.15, 0.2) is 29.4 Å². The second-order valence-corrected chi connectivity index (χ2v) is 8.59. The Balaban J connectivity index is 2.15. The number of benzene rings is 1. The fraction of sp³-hybridized carbons (Fsp3) is 0.579. The summed E-state index contributed by atoms with van der Waals surface area (Å²) in [5.41, 5.74) is 3.93. The van der Waals surface area contributed by atoms with Crippen LogP contribution in [0.2, 0.25) is 0 Å². The number of anilines is 1. The number of nitrogens with zero attached hydrogens (tertiary/aromatic N) is 2. The van der Waals surface area contributed by atoms with Crippen molar-refractivity contribution in [2.45, 2.75) is 58.4 Å². The van der Waals surface area contributed by atoms with Gasteiger partial charge in [0.05, 0.1) is 18.6 Å². The number of hydrazone groups is 1. The van der Waals surface area contributed by atoms with Crippen LogP contribution in [0.1, 0.15) is 52.4 Å². The fourth-order valence-electron chi connectivity index (χ4n) is 3.14. The third-order valence-corrected chi connectivity index (χ3v) is 5.74. The van der Waals surface area contributed by atoms with Crippen LogP contribution >= 0.6 is 0 Å². The Morgan fingerprint density at radius 1 is 1.19 bits per heavy atom. The molecule has 1 aliphatic carbocycles. The molecule has 0 saturated heterocycles. The van der Waals surface area contributed by atoms with Gasteiger partial charge >= 0.3 is 0 Å². The summed E-state index contributed by atoms with van der Waals surface area (Å²) in [4.78, 5) is 12.6. The standard InChI is InChI=1S/C19H29N3O4S/c1-4-26-18-13-11-17(12-14-18)22(27(3,24)25)15(2)19(23)21-20-16-9-7-5-6-8-10-16/h11-15H,4-10H2,1-3H3,(H,21,23)/t15-/m1/s1. The van der Waals surface area contributed by atoms with E-state index in [0.29, 0.717) is 18.0 Å². The van der Waals surface area contributed by atoms with Crippen LogP contribution < -0.4 is 14.5 Å². The number of amides is 1. The molecule has 0 bridgehead atoms. The number of hydrogen-bond donors (Lipinski definition) is 1. The van der Waals surface area contributed by atoms with E-state index in [1.54, 1.807) is 31.2 Å². The van der Waals surface area contributed by atoms with E-state index in [1.807, 2.05) is 6.92 Å². The monoisotopic (exact) mass is 395 g/mol. The Hall–Kier alpha value is -2.09. The molecule has 2 rings (SSSR count). The van der Waals surface area contributed by atoms with Gasteiger partial charge in [0.2, 0.25) is 10.0 Å². The lowest BCUT2D eigenvalue weighted by atomic mass is 10.2. The highest BCUT2D eigenvalue weighted by molar-refractivity contribution is 7.92. The molecule has 1 atom stereocenters. The maximum absolute atomic E-state index is 12.6. The highest BCUT2D eigenvalue weighted by atomic mass is 32.2. The molecule has 27 heavy (non-hydrogen) atoms. The summed E-state index contributed by atoms with van der Waals surface area (Å²) in [6.07, 6.45) is 7.36. The average Bonchev–Trinajstić information content (AvgIpc) is 2.89. The van der Waals surface area contributed by atoms with Crippen molar-refractivity contribution in [3.8, 4) is 5.75 Å². The second-order valence-electron chi connectivity index (χ2n) is 6.73. The largest absolute Gasteiger partial charge is 0.494 e. The van der Waals surface area contributed by atoms with Gasteiger partial charge in [0.15, 0.2) is 0 Å². The first kappa shape index (κ1) is 21.2. The molecule has 0 heterocycles. The molecule has 1 saturated carbocycles. The molecule has 0 aromatic heterocycles. The summed E-state index contributed by atoms with van der Waals surface area (Å²) in [6, 6.07) is 5.72. The molecule has 1 fully saturated rings. The molecule has 1 aromatic carbocycles. The van der Waals surface area contributed by atoms with E-state index >= 15 is 0 Å². The van der Waals surface area contributed by atoms with Crippen LogP contribution in [-0.4, -0.2) is 38.9 Å². The predicted molar refractivity (Wildman–Crippen MR) is 108 cm³/mol. The third-order valence-electron chi connectivity index (χ3n) is 4.50. The van der Waals surface area contributed by atoms with Crippen molar-refractivity contribution in [2.24, 2.45) is 5.10 Å². The van der Waals surface area contributed by atoms with Gasteiger partial charge < -0.3 is 4.74 Å². The normalized spacial score (nSPS) is 16.2. The second kappa shape index (κ2) is 9.73. The van der Waals surface area contributed by atoms with Crippen molar-refractivity contribution in [3.63, 3.8) is 0 Å². The van der Waals surface area contributed by atoms with Gasteiger partial charge in [-0.05, 0) is 63.8 Å². The van der Waals surface area contributed by atoms with Crippen LogP contribution in [-0.2, 0) is 14.8 Å². The van der Waals surface area contributed by atoms with Gasteiger partial charge in [-0.3, -0.25) is 9.10 Å². The van der Waals surface area contributed by atoms with Crippen LogP contribution in [0.5, 0.6) is 5.75 Å². The van der Waals surface area contributed by atoms with Crippen LogP contribution in [0.25, 0.3) is 0 Å². The Morgan fingerprint density at radius 2 is 1.78 bits per heavy atom. The molecule has 0 aliphatic heterocycles. The summed E-state index contributed by atoms with van der Waals surface area (Å²) < 4.78 is 31.1. The lowest BCUT2D eigenvalue weighted by Gasteiger charge is -2.27. The Bertz CT molecular complexity index is 750. The van der Waals surface area contributed by atoms with Crippen LogP contribution in [0, 0.1) is 0 Å². The highest BCUT2D eigenvalue weighted by Gasteiger charge is 2.29. The molecule has 7 nitrogen and oxygen atoms in total. The van der Waals surface area contributed by atoms with Crippen molar-refractivity contribution < 1.29 is 17.9 Å². The van der Waals surface area contributed by atoms with Crippen molar-refractivity contribution >= 4 is 27.3 Å². The summed E-state index contributed by atoms with van der Waals surface area (Å²) in [5.74, 6) is 0.192. The van der Waals surface area contributed by atoms with Crippen molar-refractivity contribution in [3.05, 3.63) is 24.3 Å². The van der Waals surface area contributed by atoms with E-state index in [4.69, 9.17) is 4.74 Å². The average molecular weight is 396 g/mol. The first-order valence-corrected chi connectivity index (χ1v) is 11.3. The molecule has 1 N–H and O–H groups in total. The van der Waals surface area contributed by atoms with Gasteiger partial charge in [-0.25, -0.2) is 13.8 Å². The Morgan fingerprint density at radius 3 is 2.30 bits per heavy atom. The van der Waals surface area contributed by atoms with E-state index < -0.39 is 22.0 Å². The quantitative estimate of drug-likeness (QED) is 0.568. The molecule has 0 unspecified atom stereocenters. The minimum absolute atomic E-state index is 0.408.